The predicted molar refractivity (Wildman–Crippen MR) is 69.9 cm³/mol. The number of aromatic nitrogens is 2. The number of para-hydroxylation sites is 2. The van der Waals surface area contributed by atoms with Gasteiger partial charge in [-0.15, -0.1) is 0 Å². The van der Waals surface area contributed by atoms with Crippen molar-refractivity contribution in [2.45, 2.75) is 6.54 Å². The third-order valence-electron chi connectivity index (χ3n) is 3.25. The molecule has 1 aromatic carbocycles. The number of nitrogens with zero attached hydrogens (tertiary/aromatic N) is 3. The van der Waals surface area contributed by atoms with Crippen molar-refractivity contribution in [3.8, 4) is 0 Å². The Morgan fingerprint density at radius 1 is 1.22 bits per heavy atom. The van der Waals surface area contributed by atoms with Gasteiger partial charge in [0, 0.05) is 19.6 Å². The number of fused-ring (bicyclic) bond motifs is 1. The summed E-state index contributed by atoms with van der Waals surface area (Å²) in [6, 6.07) is 8.04. The van der Waals surface area contributed by atoms with Crippen LogP contribution in [0.1, 0.15) is 0 Å². The molecule has 0 unspecified atom stereocenters. The highest BCUT2D eigenvalue weighted by Gasteiger charge is 2.18. The quantitative estimate of drug-likeness (QED) is 0.874. The van der Waals surface area contributed by atoms with Crippen molar-refractivity contribution in [2.24, 2.45) is 0 Å². The Morgan fingerprint density at radius 2 is 2.00 bits per heavy atom. The number of hydrogen-bond donors (Lipinski definition) is 1. The summed E-state index contributed by atoms with van der Waals surface area (Å²) in [7, 11) is 0. The van der Waals surface area contributed by atoms with Crippen LogP contribution < -0.4 is 4.90 Å². The molecule has 5 heteroatoms. The molecule has 3 rings (SSSR count). The molecule has 0 saturated carbocycles. The normalized spacial score (nSPS) is 16.4. The van der Waals surface area contributed by atoms with E-state index in [0.717, 1.165) is 43.3 Å². The largest absolute Gasteiger partial charge is 0.395 e. The van der Waals surface area contributed by atoms with Gasteiger partial charge < -0.3 is 19.3 Å². The summed E-state index contributed by atoms with van der Waals surface area (Å²) in [4.78, 5) is 6.90. The molecule has 2 aromatic rings. The van der Waals surface area contributed by atoms with Gasteiger partial charge in [0.1, 0.15) is 0 Å². The first-order valence-electron chi connectivity index (χ1n) is 6.29. The zero-order valence-electron chi connectivity index (χ0n) is 10.2. The first kappa shape index (κ1) is 11.5. The number of morpholine rings is 1. The Kier molecular flexibility index (Phi) is 3.17. The van der Waals surface area contributed by atoms with Gasteiger partial charge in [0.15, 0.2) is 0 Å². The van der Waals surface area contributed by atoms with Crippen molar-refractivity contribution in [2.75, 3.05) is 37.8 Å². The van der Waals surface area contributed by atoms with Crippen LogP contribution in [-0.2, 0) is 11.3 Å². The number of anilines is 1. The molecule has 1 aliphatic rings. The molecule has 2 heterocycles. The average molecular weight is 247 g/mol. The molecule has 1 aromatic heterocycles. The fourth-order valence-corrected chi connectivity index (χ4v) is 2.39. The third kappa shape index (κ3) is 1.95. The van der Waals surface area contributed by atoms with E-state index in [1.165, 1.54) is 0 Å². The van der Waals surface area contributed by atoms with Crippen LogP contribution in [0.5, 0.6) is 0 Å². The summed E-state index contributed by atoms with van der Waals surface area (Å²) in [5, 5.41) is 9.23. The summed E-state index contributed by atoms with van der Waals surface area (Å²) in [5.41, 5.74) is 2.06. The summed E-state index contributed by atoms with van der Waals surface area (Å²) < 4.78 is 7.45. The first-order chi connectivity index (χ1) is 8.90. The van der Waals surface area contributed by atoms with Crippen LogP contribution in [0.2, 0.25) is 0 Å². The lowest BCUT2D eigenvalue weighted by Gasteiger charge is -2.28. The molecule has 0 bridgehead atoms. The van der Waals surface area contributed by atoms with Crippen LogP contribution in [0.15, 0.2) is 24.3 Å². The van der Waals surface area contributed by atoms with E-state index in [2.05, 4.69) is 14.5 Å². The van der Waals surface area contributed by atoms with E-state index in [9.17, 15) is 5.11 Å². The molecule has 96 valence electrons. The second-order valence-electron chi connectivity index (χ2n) is 4.38. The second kappa shape index (κ2) is 4.96. The Balaban J connectivity index is 2.05. The lowest BCUT2D eigenvalue weighted by molar-refractivity contribution is 0.121. The molecule has 1 fully saturated rings. The van der Waals surface area contributed by atoms with Gasteiger partial charge in [0.25, 0.3) is 0 Å². The van der Waals surface area contributed by atoms with Crippen molar-refractivity contribution in [3.05, 3.63) is 24.3 Å². The number of ether oxygens (including phenoxy) is 1. The maximum atomic E-state index is 9.23. The summed E-state index contributed by atoms with van der Waals surface area (Å²) in [6.07, 6.45) is 0. The maximum absolute atomic E-state index is 9.23. The van der Waals surface area contributed by atoms with E-state index in [0.29, 0.717) is 6.54 Å². The van der Waals surface area contributed by atoms with Crippen LogP contribution >= 0.6 is 0 Å². The average Bonchev–Trinajstić information content (AvgIpc) is 2.80. The SMILES string of the molecule is OCCn1c(N2CCOCC2)nc2ccccc21. The van der Waals surface area contributed by atoms with Crippen molar-refractivity contribution in [3.63, 3.8) is 0 Å². The van der Waals surface area contributed by atoms with E-state index < -0.39 is 0 Å². The summed E-state index contributed by atoms with van der Waals surface area (Å²) >= 11 is 0. The van der Waals surface area contributed by atoms with Gasteiger partial charge in [-0.3, -0.25) is 0 Å². The monoisotopic (exact) mass is 247 g/mol. The summed E-state index contributed by atoms with van der Waals surface area (Å²) in [6.45, 7) is 3.89. The number of benzene rings is 1. The third-order valence-corrected chi connectivity index (χ3v) is 3.25. The molecular weight excluding hydrogens is 230 g/mol. The molecule has 1 N–H and O–H groups in total. The van der Waals surface area contributed by atoms with Crippen molar-refractivity contribution >= 4 is 17.0 Å². The van der Waals surface area contributed by atoms with E-state index in [1.807, 2.05) is 24.3 Å². The van der Waals surface area contributed by atoms with Gasteiger partial charge in [-0.1, -0.05) is 12.1 Å². The zero-order chi connectivity index (χ0) is 12.4. The fourth-order valence-electron chi connectivity index (χ4n) is 2.39. The summed E-state index contributed by atoms with van der Waals surface area (Å²) in [5.74, 6) is 0.938. The first-order valence-corrected chi connectivity index (χ1v) is 6.29. The fraction of sp³-hybridized carbons (Fsp3) is 0.462. The van der Waals surface area contributed by atoms with E-state index in [1.54, 1.807) is 0 Å². The molecule has 18 heavy (non-hydrogen) atoms. The number of aliphatic hydroxyl groups excluding tert-OH is 1. The van der Waals surface area contributed by atoms with Gasteiger partial charge in [0.2, 0.25) is 5.95 Å². The minimum absolute atomic E-state index is 0.123. The minimum Gasteiger partial charge on any atom is -0.395 e. The molecular formula is C13H17N3O2. The highest BCUT2D eigenvalue weighted by atomic mass is 16.5. The van der Waals surface area contributed by atoms with Crippen LogP contribution in [-0.4, -0.2) is 47.6 Å². The molecule has 0 radical (unpaired) electrons. The van der Waals surface area contributed by atoms with Crippen molar-refractivity contribution in [1.29, 1.82) is 0 Å². The minimum atomic E-state index is 0.123. The Labute approximate surface area is 106 Å². The number of rotatable bonds is 3. The van der Waals surface area contributed by atoms with E-state index in [-0.39, 0.29) is 6.61 Å². The Bertz CT molecular complexity index is 532. The van der Waals surface area contributed by atoms with Gasteiger partial charge >= 0.3 is 0 Å². The maximum Gasteiger partial charge on any atom is 0.206 e. The van der Waals surface area contributed by atoms with Crippen molar-refractivity contribution in [1.82, 2.24) is 9.55 Å². The highest BCUT2D eigenvalue weighted by molar-refractivity contribution is 5.78. The van der Waals surface area contributed by atoms with Gasteiger partial charge in [-0.25, -0.2) is 4.98 Å². The smallest absolute Gasteiger partial charge is 0.206 e. The van der Waals surface area contributed by atoms with Crippen LogP contribution in [0.4, 0.5) is 5.95 Å². The Hall–Kier alpha value is -1.59. The van der Waals surface area contributed by atoms with E-state index >= 15 is 0 Å². The predicted octanol–water partition coefficient (Wildman–Crippen LogP) is 0.865. The topological polar surface area (TPSA) is 50.5 Å². The standard InChI is InChI=1S/C13H17N3O2/c17-8-5-16-12-4-2-1-3-11(12)14-13(16)15-6-9-18-10-7-15/h1-4,17H,5-10H2. The van der Waals surface area contributed by atoms with Crippen LogP contribution in [0, 0.1) is 0 Å². The Morgan fingerprint density at radius 3 is 2.78 bits per heavy atom. The van der Waals surface area contributed by atoms with Gasteiger partial charge in [0.05, 0.1) is 30.9 Å². The number of aliphatic hydroxyl groups is 1. The van der Waals surface area contributed by atoms with Crippen molar-refractivity contribution < 1.29 is 9.84 Å². The molecule has 0 aliphatic carbocycles. The van der Waals surface area contributed by atoms with E-state index in [4.69, 9.17) is 4.74 Å². The lowest BCUT2D eigenvalue weighted by atomic mass is 10.3. The second-order valence-corrected chi connectivity index (χ2v) is 4.38. The number of imidazole rings is 1. The molecule has 1 saturated heterocycles. The highest BCUT2D eigenvalue weighted by Crippen LogP contribution is 2.23. The molecule has 1 aliphatic heterocycles. The molecule has 0 amide bonds. The lowest BCUT2D eigenvalue weighted by Crippen LogP contribution is -2.38. The molecule has 5 nitrogen and oxygen atoms in total. The van der Waals surface area contributed by atoms with Crippen LogP contribution in [0.25, 0.3) is 11.0 Å². The van der Waals surface area contributed by atoms with Gasteiger partial charge in [-0.2, -0.15) is 0 Å². The molecule has 0 atom stereocenters. The zero-order valence-corrected chi connectivity index (χ0v) is 10.2. The number of hydrogen-bond acceptors (Lipinski definition) is 4. The van der Waals surface area contributed by atoms with Crippen LogP contribution in [0.3, 0.4) is 0 Å². The van der Waals surface area contributed by atoms with Gasteiger partial charge in [-0.05, 0) is 12.1 Å². The molecule has 0 spiro atoms.